The lowest BCUT2D eigenvalue weighted by Crippen LogP contribution is -2.40. The van der Waals surface area contributed by atoms with Crippen LogP contribution < -0.4 is 16.0 Å². The van der Waals surface area contributed by atoms with E-state index in [4.69, 9.17) is 0 Å². The molecule has 1 aromatic carbocycles. The van der Waals surface area contributed by atoms with Crippen LogP contribution >= 0.6 is 0 Å². The highest BCUT2D eigenvalue weighted by Gasteiger charge is 2.15. The van der Waals surface area contributed by atoms with Gasteiger partial charge in [-0.3, -0.25) is 9.59 Å². The van der Waals surface area contributed by atoms with E-state index in [-0.39, 0.29) is 23.9 Å². The average molecular weight is 263 g/mol. The molecule has 0 aliphatic carbocycles. The first-order valence-corrected chi connectivity index (χ1v) is 6.19. The third kappa shape index (κ3) is 5.52. The van der Waals surface area contributed by atoms with Crippen LogP contribution in [0.3, 0.4) is 0 Å². The number of hydrogen-bond acceptors (Lipinski definition) is 3. The molecule has 0 radical (unpaired) electrons. The number of rotatable bonds is 4. The topological polar surface area (TPSA) is 70.2 Å². The fraction of sp³-hybridized carbons (Fsp3) is 0.429. The Hall–Kier alpha value is -1.88. The Balaban J connectivity index is 2.66. The predicted molar refractivity (Wildman–Crippen MR) is 76.2 cm³/mol. The van der Waals surface area contributed by atoms with Crippen molar-refractivity contribution >= 4 is 17.5 Å². The Morgan fingerprint density at radius 3 is 2.16 bits per heavy atom. The number of anilines is 1. The van der Waals surface area contributed by atoms with Gasteiger partial charge in [0.1, 0.15) is 0 Å². The minimum atomic E-state index is -0.267. The Kier molecular flexibility index (Phi) is 5.06. The van der Waals surface area contributed by atoms with Gasteiger partial charge in [-0.1, -0.05) is 0 Å². The van der Waals surface area contributed by atoms with Gasteiger partial charge in [-0.2, -0.15) is 0 Å². The molecule has 0 aliphatic rings. The number of benzene rings is 1. The minimum absolute atomic E-state index is 0.116. The van der Waals surface area contributed by atoms with E-state index in [9.17, 15) is 9.59 Å². The number of amides is 2. The van der Waals surface area contributed by atoms with E-state index >= 15 is 0 Å². The molecule has 0 aromatic heterocycles. The summed E-state index contributed by atoms with van der Waals surface area (Å²) in [6.07, 6.45) is 0. The zero-order chi connectivity index (χ0) is 14.5. The van der Waals surface area contributed by atoms with Gasteiger partial charge in [0.05, 0.1) is 6.54 Å². The van der Waals surface area contributed by atoms with E-state index in [1.807, 2.05) is 20.8 Å². The Labute approximate surface area is 113 Å². The van der Waals surface area contributed by atoms with Crippen LogP contribution in [0.4, 0.5) is 5.69 Å². The third-order valence-corrected chi connectivity index (χ3v) is 2.26. The molecular formula is C14H21N3O2. The van der Waals surface area contributed by atoms with Crippen molar-refractivity contribution < 1.29 is 9.59 Å². The lowest BCUT2D eigenvalue weighted by molar-refractivity contribution is -0.115. The van der Waals surface area contributed by atoms with Gasteiger partial charge in [-0.15, -0.1) is 0 Å². The standard InChI is InChI=1S/C14H21N3O2/c1-14(2,3)17-13(19)10-5-7-11(8-6-10)16-12(18)9-15-4/h5-8,15H,9H2,1-4H3,(H,16,18)(H,17,19). The first-order valence-electron chi connectivity index (χ1n) is 6.19. The monoisotopic (exact) mass is 263 g/mol. The molecule has 19 heavy (non-hydrogen) atoms. The molecule has 104 valence electrons. The maximum atomic E-state index is 11.9. The molecule has 0 aliphatic heterocycles. The molecule has 2 amide bonds. The number of carbonyl (C=O) groups is 2. The molecule has 1 rings (SSSR count). The molecular weight excluding hydrogens is 242 g/mol. The van der Waals surface area contributed by atoms with Crippen LogP contribution in [-0.4, -0.2) is 30.9 Å². The lowest BCUT2D eigenvalue weighted by Gasteiger charge is -2.20. The normalized spacial score (nSPS) is 10.9. The summed E-state index contributed by atoms with van der Waals surface area (Å²) in [4.78, 5) is 23.3. The van der Waals surface area contributed by atoms with Crippen LogP contribution in [0.25, 0.3) is 0 Å². The van der Waals surface area contributed by atoms with E-state index in [0.717, 1.165) is 0 Å². The highest BCUT2D eigenvalue weighted by molar-refractivity contribution is 5.96. The summed E-state index contributed by atoms with van der Waals surface area (Å²) in [5.41, 5.74) is 0.977. The molecule has 0 fully saturated rings. The zero-order valence-electron chi connectivity index (χ0n) is 11.8. The highest BCUT2D eigenvalue weighted by Crippen LogP contribution is 2.10. The van der Waals surface area contributed by atoms with Crippen molar-refractivity contribution in [2.24, 2.45) is 0 Å². The van der Waals surface area contributed by atoms with Crippen molar-refractivity contribution in [2.45, 2.75) is 26.3 Å². The first kappa shape index (κ1) is 15.2. The van der Waals surface area contributed by atoms with Crippen LogP contribution in [0.15, 0.2) is 24.3 Å². The number of carbonyl (C=O) groups excluding carboxylic acids is 2. The SMILES string of the molecule is CNCC(=O)Nc1ccc(C(=O)NC(C)(C)C)cc1. The smallest absolute Gasteiger partial charge is 0.251 e. The van der Waals surface area contributed by atoms with Crippen LogP contribution in [-0.2, 0) is 4.79 Å². The van der Waals surface area contributed by atoms with E-state index in [1.165, 1.54) is 0 Å². The minimum Gasteiger partial charge on any atom is -0.347 e. The summed E-state index contributed by atoms with van der Waals surface area (Å²) < 4.78 is 0. The molecule has 0 saturated heterocycles. The molecule has 0 bridgehead atoms. The maximum Gasteiger partial charge on any atom is 0.251 e. The third-order valence-electron chi connectivity index (χ3n) is 2.26. The van der Waals surface area contributed by atoms with E-state index in [1.54, 1.807) is 31.3 Å². The quantitative estimate of drug-likeness (QED) is 0.768. The molecule has 0 atom stereocenters. The first-order chi connectivity index (χ1) is 8.81. The van der Waals surface area contributed by atoms with Crippen molar-refractivity contribution in [3.8, 4) is 0 Å². The van der Waals surface area contributed by atoms with E-state index in [0.29, 0.717) is 11.3 Å². The highest BCUT2D eigenvalue weighted by atomic mass is 16.2. The van der Waals surface area contributed by atoms with E-state index < -0.39 is 0 Å². The molecule has 5 heteroatoms. The van der Waals surface area contributed by atoms with Crippen molar-refractivity contribution in [2.75, 3.05) is 18.9 Å². The molecule has 0 heterocycles. The summed E-state index contributed by atoms with van der Waals surface area (Å²) in [5.74, 6) is -0.241. The predicted octanol–water partition coefficient (Wildman–Crippen LogP) is 1.37. The zero-order valence-corrected chi connectivity index (χ0v) is 11.8. The molecule has 0 saturated carbocycles. The molecule has 1 aromatic rings. The van der Waals surface area contributed by atoms with Crippen LogP contribution in [0.2, 0.25) is 0 Å². The van der Waals surface area contributed by atoms with Gasteiger partial charge in [0.2, 0.25) is 5.91 Å². The Morgan fingerprint density at radius 2 is 1.68 bits per heavy atom. The lowest BCUT2D eigenvalue weighted by atomic mass is 10.1. The largest absolute Gasteiger partial charge is 0.347 e. The van der Waals surface area contributed by atoms with Gasteiger partial charge in [-0.05, 0) is 52.1 Å². The van der Waals surface area contributed by atoms with Gasteiger partial charge in [0.25, 0.3) is 5.91 Å². The molecule has 0 unspecified atom stereocenters. The van der Waals surface area contributed by atoms with Gasteiger partial charge in [-0.25, -0.2) is 0 Å². The van der Waals surface area contributed by atoms with Crippen LogP contribution in [0.5, 0.6) is 0 Å². The summed E-state index contributed by atoms with van der Waals surface area (Å²) in [6.45, 7) is 6.04. The van der Waals surface area contributed by atoms with Crippen LogP contribution in [0.1, 0.15) is 31.1 Å². The molecule has 3 N–H and O–H groups in total. The molecule has 0 spiro atoms. The van der Waals surface area contributed by atoms with Crippen molar-refractivity contribution in [1.29, 1.82) is 0 Å². The van der Waals surface area contributed by atoms with Crippen molar-refractivity contribution in [3.05, 3.63) is 29.8 Å². The Morgan fingerprint density at radius 1 is 1.11 bits per heavy atom. The number of nitrogens with one attached hydrogen (secondary N) is 3. The summed E-state index contributed by atoms with van der Waals surface area (Å²) in [6, 6.07) is 6.81. The summed E-state index contributed by atoms with van der Waals surface area (Å²) in [7, 11) is 1.71. The van der Waals surface area contributed by atoms with Gasteiger partial charge in [0, 0.05) is 16.8 Å². The Bertz CT molecular complexity index is 447. The van der Waals surface area contributed by atoms with Gasteiger partial charge < -0.3 is 16.0 Å². The second kappa shape index (κ2) is 6.33. The second-order valence-corrected chi connectivity index (χ2v) is 5.36. The van der Waals surface area contributed by atoms with Gasteiger partial charge in [0.15, 0.2) is 0 Å². The fourth-order valence-electron chi connectivity index (χ4n) is 1.48. The van der Waals surface area contributed by atoms with Crippen molar-refractivity contribution in [1.82, 2.24) is 10.6 Å². The fourth-order valence-corrected chi connectivity index (χ4v) is 1.48. The maximum absolute atomic E-state index is 11.9. The average Bonchev–Trinajstić information content (AvgIpc) is 2.27. The number of likely N-dealkylation sites (N-methyl/N-ethyl adjacent to an activating group) is 1. The second-order valence-electron chi connectivity index (χ2n) is 5.36. The van der Waals surface area contributed by atoms with Crippen molar-refractivity contribution in [3.63, 3.8) is 0 Å². The van der Waals surface area contributed by atoms with Gasteiger partial charge >= 0.3 is 0 Å². The van der Waals surface area contributed by atoms with Crippen LogP contribution in [0, 0.1) is 0 Å². The van der Waals surface area contributed by atoms with E-state index in [2.05, 4.69) is 16.0 Å². The summed E-state index contributed by atoms with van der Waals surface area (Å²) >= 11 is 0. The summed E-state index contributed by atoms with van der Waals surface area (Å²) in [5, 5.41) is 8.37. The molecule has 5 nitrogen and oxygen atoms in total. The number of hydrogen-bond donors (Lipinski definition) is 3.